The smallest absolute Gasteiger partial charge is 0.222 e. The Bertz CT molecular complexity index is 373. The van der Waals surface area contributed by atoms with Gasteiger partial charge in [0.25, 0.3) is 0 Å². The van der Waals surface area contributed by atoms with E-state index in [-0.39, 0.29) is 11.7 Å². The molecule has 0 aromatic carbocycles. The van der Waals surface area contributed by atoms with E-state index in [2.05, 4.69) is 22.2 Å². The SMILES string of the molecule is CCCCSc1ncc(F)c(NC(C)=O)n1. The van der Waals surface area contributed by atoms with E-state index in [9.17, 15) is 9.18 Å². The lowest BCUT2D eigenvalue weighted by atomic mass is 10.4. The minimum atomic E-state index is -0.616. The molecule has 1 heterocycles. The summed E-state index contributed by atoms with van der Waals surface area (Å²) in [6.45, 7) is 3.40. The summed E-state index contributed by atoms with van der Waals surface area (Å²) in [7, 11) is 0. The first-order valence-electron chi connectivity index (χ1n) is 5.06. The molecule has 1 amide bonds. The Balaban J connectivity index is 2.69. The summed E-state index contributed by atoms with van der Waals surface area (Å²) in [6.07, 6.45) is 3.22. The number of carbonyl (C=O) groups excluding carboxylic acids is 1. The van der Waals surface area contributed by atoms with Crippen molar-refractivity contribution in [2.45, 2.75) is 31.8 Å². The van der Waals surface area contributed by atoms with Crippen LogP contribution in [0.4, 0.5) is 10.2 Å². The molecule has 0 saturated carbocycles. The van der Waals surface area contributed by atoms with Crippen LogP contribution in [-0.4, -0.2) is 21.6 Å². The second kappa shape index (κ2) is 6.42. The highest BCUT2D eigenvalue weighted by Crippen LogP contribution is 2.18. The molecule has 0 bridgehead atoms. The van der Waals surface area contributed by atoms with Crippen LogP contribution >= 0.6 is 11.8 Å². The van der Waals surface area contributed by atoms with Gasteiger partial charge in [0.15, 0.2) is 16.8 Å². The van der Waals surface area contributed by atoms with E-state index >= 15 is 0 Å². The summed E-state index contributed by atoms with van der Waals surface area (Å²) in [6, 6.07) is 0. The molecule has 0 aliphatic carbocycles. The quantitative estimate of drug-likeness (QED) is 0.490. The third-order valence-corrected chi connectivity index (χ3v) is 2.69. The highest BCUT2D eigenvalue weighted by atomic mass is 32.2. The predicted molar refractivity (Wildman–Crippen MR) is 61.9 cm³/mol. The second-order valence-corrected chi connectivity index (χ2v) is 4.29. The number of nitrogens with zero attached hydrogens (tertiary/aromatic N) is 2. The first-order chi connectivity index (χ1) is 7.63. The van der Waals surface area contributed by atoms with Gasteiger partial charge in [0.05, 0.1) is 6.20 Å². The number of unbranched alkanes of at least 4 members (excludes halogenated alkanes) is 1. The monoisotopic (exact) mass is 243 g/mol. The van der Waals surface area contributed by atoms with Crippen LogP contribution in [0.1, 0.15) is 26.7 Å². The first-order valence-corrected chi connectivity index (χ1v) is 6.05. The minimum Gasteiger partial charge on any atom is -0.308 e. The Kier molecular flexibility index (Phi) is 5.18. The maximum absolute atomic E-state index is 13.2. The predicted octanol–water partition coefficient (Wildman–Crippen LogP) is 2.47. The summed E-state index contributed by atoms with van der Waals surface area (Å²) in [5, 5.41) is 2.81. The van der Waals surface area contributed by atoms with Crippen LogP contribution in [0.3, 0.4) is 0 Å². The number of anilines is 1. The summed E-state index contributed by atoms with van der Waals surface area (Å²) >= 11 is 1.45. The molecule has 0 unspecified atom stereocenters. The van der Waals surface area contributed by atoms with Crippen LogP contribution in [0.2, 0.25) is 0 Å². The number of halogens is 1. The van der Waals surface area contributed by atoms with Crippen LogP contribution in [0.15, 0.2) is 11.4 Å². The average Bonchev–Trinajstić information content (AvgIpc) is 2.22. The van der Waals surface area contributed by atoms with E-state index in [0.717, 1.165) is 24.8 Å². The Hall–Kier alpha value is -1.17. The molecule has 16 heavy (non-hydrogen) atoms. The number of nitrogens with one attached hydrogen (secondary N) is 1. The standard InChI is InChI=1S/C10H14FN3OS/c1-3-4-5-16-10-12-6-8(11)9(14-10)13-7(2)15/h6H,3-5H2,1-2H3,(H,12,13,14,15). The van der Waals surface area contributed by atoms with Crippen LogP contribution < -0.4 is 5.32 Å². The molecule has 0 saturated heterocycles. The van der Waals surface area contributed by atoms with E-state index in [1.807, 2.05) is 0 Å². The molecule has 1 aromatic rings. The topological polar surface area (TPSA) is 54.9 Å². The zero-order chi connectivity index (χ0) is 12.0. The van der Waals surface area contributed by atoms with Crippen molar-refractivity contribution in [2.75, 3.05) is 11.1 Å². The van der Waals surface area contributed by atoms with Crippen molar-refractivity contribution in [3.05, 3.63) is 12.0 Å². The maximum Gasteiger partial charge on any atom is 0.222 e. The highest BCUT2D eigenvalue weighted by Gasteiger charge is 2.08. The number of hydrogen-bond donors (Lipinski definition) is 1. The summed E-state index contributed by atoms with van der Waals surface area (Å²) in [4.78, 5) is 18.6. The normalized spacial score (nSPS) is 10.2. The van der Waals surface area contributed by atoms with Crippen molar-refractivity contribution in [2.24, 2.45) is 0 Å². The van der Waals surface area contributed by atoms with Gasteiger partial charge in [-0.25, -0.2) is 14.4 Å². The number of thioether (sulfide) groups is 1. The Morgan fingerprint density at radius 3 is 3.00 bits per heavy atom. The molecule has 0 atom stereocenters. The molecule has 6 heteroatoms. The van der Waals surface area contributed by atoms with Crippen molar-refractivity contribution in [3.63, 3.8) is 0 Å². The molecule has 88 valence electrons. The van der Waals surface area contributed by atoms with E-state index < -0.39 is 5.82 Å². The fraction of sp³-hybridized carbons (Fsp3) is 0.500. The maximum atomic E-state index is 13.2. The largest absolute Gasteiger partial charge is 0.308 e. The zero-order valence-corrected chi connectivity index (χ0v) is 10.1. The molecule has 1 rings (SSSR count). The van der Waals surface area contributed by atoms with Gasteiger partial charge in [-0.15, -0.1) is 0 Å². The van der Waals surface area contributed by atoms with Crippen molar-refractivity contribution in [3.8, 4) is 0 Å². The lowest BCUT2D eigenvalue weighted by Gasteiger charge is -2.04. The van der Waals surface area contributed by atoms with Gasteiger partial charge < -0.3 is 5.32 Å². The summed E-state index contributed by atoms with van der Waals surface area (Å²) < 4.78 is 13.2. The van der Waals surface area contributed by atoms with Gasteiger partial charge in [-0.05, 0) is 6.42 Å². The van der Waals surface area contributed by atoms with Crippen molar-refractivity contribution >= 4 is 23.5 Å². The molecule has 1 aromatic heterocycles. The average molecular weight is 243 g/mol. The van der Waals surface area contributed by atoms with Crippen molar-refractivity contribution in [1.82, 2.24) is 9.97 Å². The van der Waals surface area contributed by atoms with Crippen LogP contribution in [-0.2, 0) is 4.79 Å². The van der Waals surface area contributed by atoms with Gasteiger partial charge >= 0.3 is 0 Å². The molecule has 0 radical (unpaired) electrons. The molecular weight excluding hydrogens is 229 g/mol. The molecule has 0 spiro atoms. The van der Waals surface area contributed by atoms with E-state index in [1.54, 1.807) is 0 Å². The second-order valence-electron chi connectivity index (χ2n) is 3.23. The lowest BCUT2D eigenvalue weighted by Crippen LogP contribution is -2.10. The van der Waals surface area contributed by atoms with E-state index in [4.69, 9.17) is 0 Å². The van der Waals surface area contributed by atoms with Gasteiger partial charge in [0.1, 0.15) is 0 Å². The van der Waals surface area contributed by atoms with E-state index in [1.165, 1.54) is 18.7 Å². The first kappa shape index (κ1) is 12.9. The third kappa shape index (κ3) is 4.14. The number of hydrogen-bond acceptors (Lipinski definition) is 4. The van der Waals surface area contributed by atoms with Gasteiger partial charge in [-0.1, -0.05) is 25.1 Å². The fourth-order valence-electron chi connectivity index (χ4n) is 0.983. The van der Waals surface area contributed by atoms with Gasteiger partial charge in [0, 0.05) is 12.7 Å². The third-order valence-electron chi connectivity index (χ3n) is 1.75. The van der Waals surface area contributed by atoms with Crippen LogP contribution in [0, 0.1) is 5.82 Å². The minimum absolute atomic E-state index is 0.0542. The Labute approximate surface area is 98.1 Å². The van der Waals surface area contributed by atoms with Gasteiger partial charge in [-0.2, -0.15) is 0 Å². The highest BCUT2D eigenvalue weighted by molar-refractivity contribution is 7.99. The van der Waals surface area contributed by atoms with Gasteiger partial charge in [-0.3, -0.25) is 4.79 Å². The Morgan fingerprint density at radius 1 is 1.62 bits per heavy atom. The van der Waals surface area contributed by atoms with E-state index in [0.29, 0.717) is 5.16 Å². The molecular formula is C10H14FN3OS. The summed E-state index contributed by atoms with van der Waals surface area (Å²) in [5.41, 5.74) is 0. The zero-order valence-electron chi connectivity index (χ0n) is 9.29. The molecule has 0 fully saturated rings. The number of aromatic nitrogens is 2. The fourth-order valence-corrected chi connectivity index (χ4v) is 1.88. The molecule has 4 nitrogen and oxygen atoms in total. The summed E-state index contributed by atoms with van der Waals surface area (Å²) in [5.74, 6) is -0.125. The number of amides is 1. The van der Waals surface area contributed by atoms with Crippen molar-refractivity contribution < 1.29 is 9.18 Å². The molecule has 0 aliphatic rings. The molecule has 0 aliphatic heterocycles. The lowest BCUT2D eigenvalue weighted by molar-refractivity contribution is -0.114. The Morgan fingerprint density at radius 2 is 2.38 bits per heavy atom. The van der Waals surface area contributed by atoms with Gasteiger partial charge in [0.2, 0.25) is 5.91 Å². The number of rotatable bonds is 5. The molecule has 1 N–H and O–H groups in total. The van der Waals surface area contributed by atoms with Crippen LogP contribution in [0.25, 0.3) is 0 Å². The number of carbonyl (C=O) groups is 1. The van der Waals surface area contributed by atoms with Crippen LogP contribution in [0.5, 0.6) is 0 Å². The van der Waals surface area contributed by atoms with Crippen molar-refractivity contribution in [1.29, 1.82) is 0 Å².